The fraction of sp³-hybridized carbons (Fsp3) is 0.286. The molecular formula is C28H30N2O6. The molecule has 0 unspecified atom stereocenters. The Labute approximate surface area is 210 Å². The molecule has 0 saturated carbocycles. The number of ether oxygens (including phenoxy) is 2. The highest BCUT2D eigenvalue weighted by Gasteiger charge is 2.18. The van der Waals surface area contributed by atoms with Crippen molar-refractivity contribution in [3.8, 4) is 16.9 Å². The number of non-ortho nitro benzene ring substituents is 1. The van der Waals surface area contributed by atoms with Gasteiger partial charge in [0.25, 0.3) is 5.69 Å². The lowest BCUT2D eigenvalue weighted by atomic mass is 10.0. The van der Waals surface area contributed by atoms with Gasteiger partial charge in [0, 0.05) is 18.6 Å². The summed E-state index contributed by atoms with van der Waals surface area (Å²) >= 11 is 0. The van der Waals surface area contributed by atoms with Crippen LogP contribution in [0.5, 0.6) is 5.75 Å². The van der Waals surface area contributed by atoms with Crippen LogP contribution in [0.1, 0.15) is 38.7 Å². The molecular weight excluding hydrogens is 460 g/mol. The Morgan fingerprint density at radius 2 is 1.61 bits per heavy atom. The Kier molecular flexibility index (Phi) is 9.56. The van der Waals surface area contributed by atoms with Crippen molar-refractivity contribution in [1.29, 1.82) is 0 Å². The fourth-order valence-electron chi connectivity index (χ4n) is 3.63. The first-order valence-electron chi connectivity index (χ1n) is 11.9. The lowest BCUT2D eigenvalue weighted by Crippen LogP contribution is -2.30. The highest BCUT2D eigenvalue weighted by molar-refractivity contribution is 5.93. The summed E-state index contributed by atoms with van der Waals surface area (Å²) in [6.07, 6.45) is 2.01. The Morgan fingerprint density at radius 1 is 0.944 bits per heavy atom. The van der Waals surface area contributed by atoms with Crippen molar-refractivity contribution in [1.82, 2.24) is 0 Å². The highest BCUT2D eigenvalue weighted by atomic mass is 16.6. The minimum absolute atomic E-state index is 0.0502. The SMILES string of the molecule is CCCCC(=O)N(Cc1ccc(-c2ccc(OCC(=O)OCC)cc2)cc1)c1cccc([N+](=O)[O-])c1. The van der Waals surface area contributed by atoms with Crippen molar-refractivity contribution in [3.05, 3.63) is 88.5 Å². The van der Waals surface area contributed by atoms with Crippen LogP contribution < -0.4 is 9.64 Å². The average Bonchev–Trinajstić information content (AvgIpc) is 2.90. The zero-order valence-corrected chi connectivity index (χ0v) is 20.5. The zero-order valence-electron chi connectivity index (χ0n) is 20.5. The molecule has 1 amide bonds. The predicted molar refractivity (Wildman–Crippen MR) is 138 cm³/mol. The van der Waals surface area contributed by atoms with Crippen LogP contribution in [0.2, 0.25) is 0 Å². The summed E-state index contributed by atoms with van der Waals surface area (Å²) in [5.74, 6) is 0.0888. The van der Waals surface area contributed by atoms with E-state index in [-0.39, 0.29) is 18.2 Å². The van der Waals surface area contributed by atoms with Crippen LogP contribution in [0, 0.1) is 10.1 Å². The molecule has 188 valence electrons. The first-order chi connectivity index (χ1) is 17.4. The lowest BCUT2D eigenvalue weighted by molar-refractivity contribution is -0.384. The summed E-state index contributed by atoms with van der Waals surface area (Å²) in [5.41, 5.74) is 3.32. The maximum absolute atomic E-state index is 13.0. The Bertz CT molecular complexity index is 1180. The Hall–Kier alpha value is -4.20. The molecule has 0 atom stereocenters. The number of amides is 1. The normalized spacial score (nSPS) is 10.5. The Balaban J connectivity index is 1.73. The second-order valence-corrected chi connectivity index (χ2v) is 8.18. The van der Waals surface area contributed by atoms with Crippen molar-refractivity contribution in [2.45, 2.75) is 39.7 Å². The number of anilines is 1. The summed E-state index contributed by atoms with van der Waals surface area (Å²) < 4.78 is 10.3. The monoisotopic (exact) mass is 490 g/mol. The van der Waals surface area contributed by atoms with E-state index in [4.69, 9.17) is 9.47 Å². The van der Waals surface area contributed by atoms with E-state index in [2.05, 4.69) is 0 Å². The number of rotatable bonds is 12. The van der Waals surface area contributed by atoms with Crippen molar-refractivity contribution < 1.29 is 24.0 Å². The van der Waals surface area contributed by atoms with Crippen molar-refractivity contribution in [2.75, 3.05) is 18.1 Å². The predicted octanol–water partition coefficient (Wildman–Crippen LogP) is 5.93. The number of nitro benzene ring substituents is 1. The topological polar surface area (TPSA) is 99.0 Å². The molecule has 0 saturated heterocycles. The standard InChI is InChI=1S/C28H30N2O6/c1-3-5-9-27(31)29(24-7-6-8-25(18-24)30(33)34)19-21-10-12-22(13-11-21)23-14-16-26(17-15-23)36-20-28(32)35-4-2/h6-8,10-18H,3-5,9,19-20H2,1-2H3. The van der Waals surface area contributed by atoms with Gasteiger partial charge < -0.3 is 14.4 Å². The van der Waals surface area contributed by atoms with Gasteiger partial charge in [0.15, 0.2) is 6.61 Å². The largest absolute Gasteiger partial charge is 0.482 e. The van der Waals surface area contributed by atoms with Crippen molar-refractivity contribution in [3.63, 3.8) is 0 Å². The van der Waals surface area contributed by atoms with Crippen LogP contribution >= 0.6 is 0 Å². The maximum atomic E-state index is 13.0. The average molecular weight is 491 g/mol. The minimum Gasteiger partial charge on any atom is -0.482 e. The molecule has 0 heterocycles. The number of carbonyl (C=O) groups is 2. The van der Waals surface area contributed by atoms with E-state index in [1.54, 1.807) is 36.1 Å². The summed E-state index contributed by atoms with van der Waals surface area (Å²) in [4.78, 5) is 36.8. The van der Waals surface area contributed by atoms with Crippen LogP contribution in [0.3, 0.4) is 0 Å². The van der Waals surface area contributed by atoms with Gasteiger partial charge in [0.1, 0.15) is 5.75 Å². The van der Waals surface area contributed by atoms with Gasteiger partial charge in [-0.05, 0) is 48.2 Å². The number of hydrogen-bond donors (Lipinski definition) is 0. The smallest absolute Gasteiger partial charge is 0.344 e. The molecule has 0 bridgehead atoms. The molecule has 0 aliphatic heterocycles. The minimum atomic E-state index is -0.458. The second kappa shape index (κ2) is 13.0. The van der Waals surface area contributed by atoms with Gasteiger partial charge in [-0.1, -0.05) is 55.8 Å². The van der Waals surface area contributed by atoms with E-state index < -0.39 is 10.9 Å². The molecule has 0 radical (unpaired) electrons. The third kappa shape index (κ3) is 7.40. The van der Waals surface area contributed by atoms with E-state index >= 15 is 0 Å². The van der Waals surface area contributed by atoms with Crippen LogP contribution in [-0.2, 0) is 20.9 Å². The molecule has 0 aromatic heterocycles. The van der Waals surface area contributed by atoms with Crippen LogP contribution in [0.4, 0.5) is 11.4 Å². The highest BCUT2D eigenvalue weighted by Crippen LogP contribution is 2.26. The van der Waals surface area contributed by atoms with E-state index in [0.29, 0.717) is 31.0 Å². The lowest BCUT2D eigenvalue weighted by Gasteiger charge is -2.23. The molecule has 0 fully saturated rings. The number of esters is 1. The van der Waals surface area contributed by atoms with E-state index in [0.717, 1.165) is 29.5 Å². The quantitative estimate of drug-likeness (QED) is 0.177. The van der Waals surface area contributed by atoms with Gasteiger partial charge in [-0.3, -0.25) is 14.9 Å². The molecule has 3 rings (SSSR count). The zero-order chi connectivity index (χ0) is 25.9. The number of benzene rings is 3. The van der Waals surface area contributed by atoms with Crippen molar-refractivity contribution in [2.24, 2.45) is 0 Å². The molecule has 0 aliphatic carbocycles. The van der Waals surface area contributed by atoms with E-state index in [1.807, 2.05) is 43.3 Å². The number of unbranched alkanes of at least 4 members (excludes halogenated alkanes) is 1. The summed E-state index contributed by atoms with van der Waals surface area (Å²) in [6.45, 7) is 4.24. The first kappa shape index (κ1) is 26.4. The molecule has 8 nitrogen and oxygen atoms in total. The first-order valence-corrected chi connectivity index (χ1v) is 11.9. The van der Waals surface area contributed by atoms with Gasteiger partial charge in [-0.2, -0.15) is 0 Å². The van der Waals surface area contributed by atoms with Crippen LogP contribution in [-0.4, -0.2) is 30.0 Å². The molecule has 8 heteroatoms. The number of nitrogens with zero attached hydrogens (tertiary/aromatic N) is 2. The van der Waals surface area contributed by atoms with Gasteiger partial charge in [-0.25, -0.2) is 4.79 Å². The number of carbonyl (C=O) groups excluding carboxylic acids is 2. The van der Waals surface area contributed by atoms with Gasteiger partial charge >= 0.3 is 5.97 Å². The third-order valence-electron chi connectivity index (χ3n) is 5.54. The molecule has 0 N–H and O–H groups in total. The Morgan fingerprint density at radius 3 is 2.22 bits per heavy atom. The molecule has 0 spiro atoms. The van der Waals surface area contributed by atoms with Gasteiger partial charge in [0.2, 0.25) is 5.91 Å². The molecule has 0 aliphatic rings. The molecule has 3 aromatic rings. The summed E-state index contributed by atoms with van der Waals surface area (Å²) in [6, 6.07) is 21.4. The van der Waals surface area contributed by atoms with Crippen LogP contribution in [0.15, 0.2) is 72.8 Å². The van der Waals surface area contributed by atoms with E-state index in [1.165, 1.54) is 12.1 Å². The maximum Gasteiger partial charge on any atom is 0.344 e. The summed E-state index contributed by atoms with van der Waals surface area (Å²) in [7, 11) is 0. The van der Waals surface area contributed by atoms with Crippen LogP contribution in [0.25, 0.3) is 11.1 Å². The van der Waals surface area contributed by atoms with Gasteiger partial charge in [-0.15, -0.1) is 0 Å². The summed E-state index contributed by atoms with van der Waals surface area (Å²) in [5, 5.41) is 11.2. The number of nitro groups is 1. The van der Waals surface area contributed by atoms with Gasteiger partial charge in [0.05, 0.1) is 23.8 Å². The molecule has 36 heavy (non-hydrogen) atoms. The van der Waals surface area contributed by atoms with Crippen molar-refractivity contribution >= 4 is 23.3 Å². The molecule has 3 aromatic carbocycles. The number of hydrogen-bond acceptors (Lipinski definition) is 6. The fourth-order valence-corrected chi connectivity index (χ4v) is 3.63. The second-order valence-electron chi connectivity index (χ2n) is 8.18. The van der Waals surface area contributed by atoms with E-state index in [9.17, 15) is 19.7 Å². The third-order valence-corrected chi connectivity index (χ3v) is 5.54.